The molecule has 2 aromatic heterocycles. The number of nitrogens with zero attached hydrogens (tertiary/aromatic N) is 3. The maximum atomic E-state index is 5.59. The highest BCUT2D eigenvalue weighted by Crippen LogP contribution is 2.26. The van der Waals surface area contributed by atoms with Crippen molar-refractivity contribution in [3.8, 4) is 0 Å². The zero-order valence-corrected chi connectivity index (χ0v) is 10.3. The van der Waals surface area contributed by atoms with Gasteiger partial charge in [-0.05, 0) is 23.4 Å². The van der Waals surface area contributed by atoms with Crippen LogP contribution in [-0.2, 0) is 19.5 Å². The summed E-state index contributed by atoms with van der Waals surface area (Å²) in [4.78, 5) is 12.5. The first-order valence-corrected chi connectivity index (χ1v) is 6.56. The van der Waals surface area contributed by atoms with E-state index in [0.29, 0.717) is 6.54 Å². The van der Waals surface area contributed by atoms with E-state index in [0.717, 1.165) is 31.0 Å². The van der Waals surface area contributed by atoms with Crippen LogP contribution >= 0.6 is 11.3 Å². The second kappa shape index (κ2) is 4.43. The van der Waals surface area contributed by atoms with Crippen molar-refractivity contribution in [1.82, 2.24) is 9.97 Å². The van der Waals surface area contributed by atoms with Gasteiger partial charge in [0.1, 0.15) is 5.82 Å². The fourth-order valence-electron chi connectivity index (χ4n) is 2.09. The molecule has 0 spiro atoms. The SMILES string of the molecule is NCc1cncc(N2CCc3sccc3C2)n1. The molecule has 0 aromatic carbocycles. The first kappa shape index (κ1) is 10.7. The molecule has 5 heteroatoms. The second-order valence-corrected chi connectivity index (χ2v) is 5.11. The summed E-state index contributed by atoms with van der Waals surface area (Å²) in [6.07, 6.45) is 4.64. The maximum absolute atomic E-state index is 5.59. The molecule has 2 N–H and O–H groups in total. The maximum Gasteiger partial charge on any atom is 0.147 e. The molecule has 0 atom stereocenters. The predicted octanol–water partition coefficient (Wildman–Crippen LogP) is 1.56. The number of rotatable bonds is 2. The topological polar surface area (TPSA) is 55.0 Å². The van der Waals surface area contributed by atoms with Crippen LogP contribution in [0.1, 0.15) is 16.1 Å². The van der Waals surface area contributed by atoms with Gasteiger partial charge in [-0.15, -0.1) is 11.3 Å². The van der Waals surface area contributed by atoms with Crippen molar-refractivity contribution in [2.45, 2.75) is 19.5 Å². The Hall–Kier alpha value is -1.46. The number of fused-ring (bicyclic) bond motifs is 1. The lowest BCUT2D eigenvalue weighted by molar-refractivity contribution is 0.725. The normalized spacial score (nSPS) is 14.8. The molecular weight excluding hydrogens is 232 g/mol. The number of aromatic nitrogens is 2. The quantitative estimate of drug-likeness (QED) is 0.873. The Morgan fingerprint density at radius 2 is 2.35 bits per heavy atom. The molecule has 0 unspecified atom stereocenters. The average Bonchev–Trinajstić information content (AvgIpc) is 2.86. The summed E-state index contributed by atoms with van der Waals surface area (Å²) in [5.74, 6) is 0.935. The van der Waals surface area contributed by atoms with Gasteiger partial charge in [-0.2, -0.15) is 0 Å². The molecule has 88 valence electrons. The smallest absolute Gasteiger partial charge is 0.147 e. The van der Waals surface area contributed by atoms with Gasteiger partial charge in [0.05, 0.1) is 11.9 Å². The third-order valence-electron chi connectivity index (χ3n) is 3.01. The van der Waals surface area contributed by atoms with Crippen LogP contribution in [0.5, 0.6) is 0 Å². The van der Waals surface area contributed by atoms with Crippen molar-refractivity contribution >= 4 is 17.2 Å². The summed E-state index contributed by atoms with van der Waals surface area (Å²) in [6.45, 7) is 2.39. The lowest BCUT2D eigenvalue weighted by atomic mass is 10.1. The van der Waals surface area contributed by atoms with Gasteiger partial charge < -0.3 is 10.6 Å². The lowest BCUT2D eigenvalue weighted by Gasteiger charge is -2.27. The van der Waals surface area contributed by atoms with Crippen LogP contribution in [0.3, 0.4) is 0 Å². The largest absolute Gasteiger partial charge is 0.351 e. The molecular formula is C12H14N4S. The van der Waals surface area contributed by atoms with Gasteiger partial charge in [0, 0.05) is 30.7 Å². The molecule has 0 radical (unpaired) electrons. The van der Waals surface area contributed by atoms with E-state index in [9.17, 15) is 0 Å². The van der Waals surface area contributed by atoms with Gasteiger partial charge in [-0.25, -0.2) is 4.98 Å². The standard InChI is InChI=1S/C12H14N4S/c13-5-10-6-14-7-12(15-10)16-3-1-11-9(8-16)2-4-17-11/h2,4,6-7H,1,3,5,8,13H2. The van der Waals surface area contributed by atoms with E-state index in [-0.39, 0.29) is 0 Å². The zero-order chi connectivity index (χ0) is 11.7. The van der Waals surface area contributed by atoms with E-state index < -0.39 is 0 Å². The van der Waals surface area contributed by atoms with Gasteiger partial charge in [-0.1, -0.05) is 0 Å². The van der Waals surface area contributed by atoms with E-state index in [2.05, 4.69) is 26.3 Å². The first-order chi connectivity index (χ1) is 8.36. The monoisotopic (exact) mass is 246 g/mol. The zero-order valence-electron chi connectivity index (χ0n) is 9.47. The Kier molecular flexibility index (Phi) is 2.78. The van der Waals surface area contributed by atoms with E-state index in [1.807, 2.05) is 17.5 Å². The van der Waals surface area contributed by atoms with Crippen molar-refractivity contribution < 1.29 is 0 Å². The average molecular weight is 246 g/mol. The molecule has 3 heterocycles. The molecule has 1 aliphatic heterocycles. The van der Waals surface area contributed by atoms with E-state index in [4.69, 9.17) is 5.73 Å². The van der Waals surface area contributed by atoms with E-state index in [1.165, 1.54) is 10.4 Å². The lowest BCUT2D eigenvalue weighted by Crippen LogP contribution is -2.30. The third-order valence-corrected chi connectivity index (χ3v) is 4.04. The van der Waals surface area contributed by atoms with Crippen molar-refractivity contribution in [1.29, 1.82) is 0 Å². The molecule has 3 rings (SSSR count). The minimum atomic E-state index is 0.443. The highest BCUT2D eigenvalue weighted by Gasteiger charge is 2.18. The molecule has 2 aromatic rings. The van der Waals surface area contributed by atoms with E-state index in [1.54, 1.807) is 6.20 Å². The molecule has 0 saturated heterocycles. The highest BCUT2D eigenvalue weighted by atomic mass is 32.1. The summed E-state index contributed by atoms with van der Waals surface area (Å²) < 4.78 is 0. The van der Waals surface area contributed by atoms with Crippen molar-refractivity contribution in [2.75, 3.05) is 11.4 Å². The van der Waals surface area contributed by atoms with E-state index >= 15 is 0 Å². The summed E-state index contributed by atoms with van der Waals surface area (Å²) in [5, 5.41) is 2.16. The summed E-state index contributed by atoms with van der Waals surface area (Å²) in [6, 6.07) is 2.20. The molecule has 0 amide bonds. The van der Waals surface area contributed by atoms with Gasteiger partial charge in [0.25, 0.3) is 0 Å². The Balaban J connectivity index is 1.86. The van der Waals surface area contributed by atoms with Crippen molar-refractivity contribution in [3.05, 3.63) is 40.0 Å². The van der Waals surface area contributed by atoms with Crippen molar-refractivity contribution in [2.24, 2.45) is 5.73 Å². The minimum absolute atomic E-state index is 0.443. The Morgan fingerprint density at radius 1 is 1.41 bits per heavy atom. The van der Waals surface area contributed by atoms with Crippen LogP contribution in [-0.4, -0.2) is 16.5 Å². The van der Waals surface area contributed by atoms with Crippen LogP contribution in [0.25, 0.3) is 0 Å². The fraction of sp³-hybridized carbons (Fsp3) is 0.333. The fourth-order valence-corrected chi connectivity index (χ4v) is 2.98. The third kappa shape index (κ3) is 2.03. The number of hydrogen-bond donors (Lipinski definition) is 1. The van der Waals surface area contributed by atoms with Gasteiger partial charge in [0.2, 0.25) is 0 Å². The molecule has 1 aliphatic rings. The number of thiophene rings is 1. The Morgan fingerprint density at radius 3 is 3.24 bits per heavy atom. The number of hydrogen-bond acceptors (Lipinski definition) is 5. The minimum Gasteiger partial charge on any atom is -0.351 e. The van der Waals surface area contributed by atoms with Crippen LogP contribution < -0.4 is 10.6 Å². The Bertz CT molecular complexity index is 523. The second-order valence-electron chi connectivity index (χ2n) is 4.11. The van der Waals surface area contributed by atoms with Crippen LogP contribution in [0.4, 0.5) is 5.82 Å². The van der Waals surface area contributed by atoms with Crippen LogP contribution in [0.2, 0.25) is 0 Å². The highest BCUT2D eigenvalue weighted by molar-refractivity contribution is 7.10. The first-order valence-electron chi connectivity index (χ1n) is 5.68. The molecule has 0 bridgehead atoms. The summed E-state index contributed by atoms with van der Waals surface area (Å²) in [7, 11) is 0. The molecule has 4 nitrogen and oxygen atoms in total. The van der Waals surface area contributed by atoms with Crippen molar-refractivity contribution in [3.63, 3.8) is 0 Å². The summed E-state index contributed by atoms with van der Waals surface area (Å²) >= 11 is 1.85. The van der Waals surface area contributed by atoms with Gasteiger partial charge >= 0.3 is 0 Å². The van der Waals surface area contributed by atoms with Gasteiger partial charge in [-0.3, -0.25) is 4.98 Å². The van der Waals surface area contributed by atoms with Gasteiger partial charge in [0.15, 0.2) is 0 Å². The number of nitrogens with two attached hydrogens (primary N) is 1. The molecule has 0 aliphatic carbocycles. The predicted molar refractivity (Wildman–Crippen MR) is 69.0 cm³/mol. The Labute approximate surface area is 104 Å². The van der Waals surface area contributed by atoms with Crippen LogP contribution in [0, 0.1) is 0 Å². The summed E-state index contributed by atoms with van der Waals surface area (Å²) in [5.41, 5.74) is 7.85. The molecule has 0 fully saturated rings. The number of anilines is 1. The molecule has 17 heavy (non-hydrogen) atoms. The van der Waals surface area contributed by atoms with Crippen LogP contribution in [0.15, 0.2) is 23.8 Å². The molecule has 0 saturated carbocycles.